The van der Waals surface area contributed by atoms with Crippen molar-refractivity contribution >= 4 is 40.8 Å². The summed E-state index contributed by atoms with van der Waals surface area (Å²) in [7, 11) is 0. The highest BCUT2D eigenvalue weighted by Crippen LogP contribution is 2.14. The van der Waals surface area contributed by atoms with Gasteiger partial charge >= 0.3 is 5.97 Å². The molecule has 10 nitrogen and oxygen atoms in total. The van der Waals surface area contributed by atoms with E-state index in [2.05, 4.69) is 10.6 Å². The van der Waals surface area contributed by atoms with Gasteiger partial charge in [-0.05, 0) is 23.8 Å². The molecule has 0 unspecified atom stereocenters. The number of hydrogen-bond donors (Lipinski definition) is 2. The molecule has 0 aromatic heterocycles. The van der Waals surface area contributed by atoms with Crippen molar-refractivity contribution in [3.63, 3.8) is 0 Å². The zero-order valence-corrected chi connectivity index (χ0v) is 18.4. The lowest BCUT2D eigenvalue weighted by atomic mass is 10.1. The number of nitro groups is 1. The normalized spacial score (nSPS) is 15.3. The molecule has 33 heavy (non-hydrogen) atoms. The molecule has 2 N–H and O–H groups in total. The fourth-order valence-corrected chi connectivity index (χ4v) is 3.62. The zero-order valence-electron chi connectivity index (χ0n) is 17.6. The van der Waals surface area contributed by atoms with Gasteiger partial charge in [-0.25, -0.2) is 0 Å². The molecule has 1 heterocycles. The van der Waals surface area contributed by atoms with Crippen molar-refractivity contribution in [2.45, 2.75) is 18.9 Å². The first-order valence-electron chi connectivity index (χ1n) is 10.2. The first-order chi connectivity index (χ1) is 15.8. The standard InChI is InChI=1S/C22H22N4O6S/c27-19(32-12-9-15-5-2-1-3-6-15)14-18-21(29)23-10-11-25(18)22(33)24-20(28)16-7-4-8-17(13-16)26(30)31/h1-8,13,18H,9-12,14H2,(H,23,29)(H,24,28,33)/t18-/m1/s1. The second-order valence-corrected chi connectivity index (χ2v) is 7.61. The van der Waals surface area contributed by atoms with E-state index in [0.717, 1.165) is 11.6 Å². The Hall–Kier alpha value is -3.86. The van der Waals surface area contributed by atoms with Crippen molar-refractivity contribution < 1.29 is 24.0 Å². The monoisotopic (exact) mass is 470 g/mol. The summed E-state index contributed by atoms with van der Waals surface area (Å²) in [5, 5.41) is 16.0. The fourth-order valence-electron chi connectivity index (χ4n) is 3.31. The Morgan fingerprint density at radius 3 is 2.70 bits per heavy atom. The van der Waals surface area contributed by atoms with E-state index in [1.54, 1.807) is 0 Å². The molecule has 0 bridgehead atoms. The fraction of sp³-hybridized carbons (Fsp3) is 0.273. The van der Waals surface area contributed by atoms with Crippen LogP contribution in [0.4, 0.5) is 5.69 Å². The van der Waals surface area contributed by atoms with Crippen LogP contribution in [0, 0.1) is 10.1 Å². The summed E-state index contributed by atoms with van der Waals surface area (Å²) in [4.78, 5) is 49.0. The molecular formula is C22H22N4O6S. The molecule has 1 aliphatic rings. The Bertz CT molecular complexity index is 1060. The van der Waals surface area contributed by atoms with E-state index < -0.39 is 28.7 Å². The van der Waals surface area contributed by atoms with Crippen molar-refractivity contribution in [1.29, 1.82) is 0 Å². The molecule has 1 fully saturated rings. The quantitative estimate of drug-likeness (QED) is 0.270. The van der Waals surface area contributed by atoms with Gasteiger partial charge in [0.25, 0.3) is 11.6 Å². The van der Waals surface area contributed by atoms with Gasteiger partial charge < -0.3 is 15.0 Å². The average Bonchev–Trinajstić information content (AvgIpc) is 2.81. The van der Waals surface area contributed by atoms with Gasteiger partial charge in [-0.1, -0.05) is 36.4 Å². The first-order valence-corrected chi connectivity index (χ1v) is 10.6. The predicted molar refractivity (Wildman–Crippen MR) is 122 cm³/mol. The smallest absolute Gasteiger partial charge is 0.308 e. The molecule has 0 radical (unpaired) electrons. The van der Waals surface area contributed by atoms with Gasteiger partial charge in [0.1, 0.15) is 6.04 Å². The lowest BCUT2D eigenvalue weighted by Crippen LogP contribution is -2.60. The second-order valence-electron chi connectivity index (χ2n) is 7.23. The van der Waals surface area contributed by atoms with E-state index in [1.807, 2.05) is 30.3 Å². The minimum absolute atomic E-state index is 0.0462. The number of nitro benzene ring substituents is 1. The summed E-state index contributed by atoms with van der Waals surface area (Å²) in [5.41, 5.74) is 0.833. The summed E-state index contributed by atoms with van der Waals surface area (Å²) in [6, 6.07) is 13.8. The number of piperazine rings is 1. The summed E-state index contributed by atoms with van der Waals surface area (Å²) >= 11 is 5.30. The molecule has 0 aliphatic carbocycles. The SMILES string of the molecule is O=C(C[C@@H]1C(=O)NCCN1C(=S)NC(=O)c1cccc([N+](=O)[O-])c1)OCCc1ccccc1. The lowest BCUT2D eigenvalue weighted by molar-refractivity contribution is -0.384. The Labute approximate surface area is 195 Å². The highest BCUT2D eigenvalue weighted by Gasteiger charge is 2.34. The molecule has 172 valence electrons. The van der Waals surface area contributed by atoms with Gasteiger partial charge in [0.2, 0.25) is 5.91 Å². The molecule has 1 aliphatic heterocycles. The number of ether oxygens (including phenoxy) is 1. The Morgan fingerprint density at radius 1 is 1.21 bits per heavy atom. The third-order valence-corrected chi connectivity index (χ3v) is 5.32. The zero-order chi connectivity index (χ0) is 23.8. The van der Waals surface area contributed by atoms with Crippen LogP contribution in [-0.2, 0) is 20.7 Å². The second kappa shape index (κ2) is 11.1. The topological polar surface area (TPSA) is 131 Å². The Morgan fingerprint density at radius 2 is 1.97 bits per heavy atom. The van der Waals surface area contributed by atoms with E-state index >= 15 is 0 Å². The van der Waals surface area contributed by atoms with Crippen LogP contribution in [-0.4, -0.2) is 58.5 Å². The third kappa shape index (κ3) is 6.56. The van der Waals surface area contributed by atoms with Crippen LogP contribution in [0.15, 0.2) is 54.6 Å². The van der Waals surface area contributed by atoms with Crippen LogP contribution in [0.25, 0.3) is 0 Å². The predicted octanol–water partition coefficient (Wildman–Crippen LogP) is 1.59. The number of benzene rings is 2. The van der Waals surface area contributed by atoms with Crippen molar-refractivity contribution in [3.8, 4) is 0 Å². The van der Waals surface area contributed by atoms with E-state index in [4.69, 9.17) is 17.0 Å². The van der Waals surface area contributed by atoms with Crippen LogP contribution < -0.4 is 10.6 Å². The molecule has 11 heteroatoms. The maximum absolute atomic E-state index is 12.5. The number of non-ortho nitro benzene ring substituents is 1. The largest absolute Gasteiger partial charge is 0.465 e. The molecule has 3 rings (SSSR count). The molecule has 0 saturated carbocycles. The summed E-state index contributed by atoms with van der Waals surface area (Å²) in [5.74, 6) is -1.63. The minimum Gasteiger partial charge on any atom is -0.465 e. The van der Waals surface area contributed by atoms with Crippen molar-refractivity contribution in [1.82, 2.24) is 15.5 Å². The lowest BCUT2D eigenvalue weighted by Gasteiger charge is -2.36. The van der Waals surface area contributed by atoms with E-state index in [0.29, 0.717) is 6.42 Å². The number of carbonyl (C=O) groups is 3. The number of carbonyl (C=O) groups excluding carboxylic acids is 3. The van der Waals surface area contributed by atoms with Crippen LogP contribution in [0.2, 0.25) is 0 Å². The van der Waals surface area contributed by atoms with Crippen molar-refractivity contribution in [3.05, 3.63) is 75.8 Å². The van der Waals surface area contributed by atoms with Crippen molar-refractivity contribution in [2.24, 2.45) is 0 Å². The van der Waals surface area contributed by atoms with Gasteiger partial charge in [0.15, 0.2) is 5.11 Å². The maximum Gasteiger partial charge on any atom is 0.308 e. The van der Waals surface area contributed by atoms with Crippen LogP contribution >= 0.6 is 12.2 Å². The van der Waals surface area contributed by atoms with Gasteiger partial charge in [0, 0.05) is 37.2 Å². The van der Waals surface area contributed by atoms with Crippen LogP contribution in [0.3, 0.4) is 0 Å². The van der Waals surface area contributed by atoms with Gasteiger partial charge in [-0.15, -0.1) is 0 Å². The summed E-state index contributed by atoms with van der Waals surface area (Å²) in [6.45, 7) is 0.734. The molecule has 2 amide bonds. The highest BCUT2D eigenvalue weighted by atomic mass is 32.1. The van der Waals surface area contributed by atoms with Crippen LogP contribution in [0.1, 0.15) is 22.3 Å². The number of esters is 1. The molecule has 1 atom stereocenters. The van der Waals surface area contributed by atoms with E-state index in [1.165, 1.54) is 23.1 Å². The average molecular weight is 471 g/mol. The Balaban J connectivity index is 1.59. The van der Waals surface area contributed by atoms with Crippen LogP contribution in [0.5, 0.6) is 0 Å². The number of rotatable bonds is 7. The first kappa shape index (κ1) is 23.8. The summed E-state index contributed by atoms with van der Waals surface area (Å²) in [6.07, 6.45) is 0.304. The van der Waals surface area contributed by atoms with Crippen molar-refractivity contribution in [2.75, 3.05) is 19.7 Å². The molecule has 2 aromatic carbocycles. The van der Waals surface area contributed by atoms with Gasteiger partial charge in [-0.3, -0.25) is 29.8 Å². The number of amides is 2. The maximum atomic E-state index is 12.5. The molecular weight excluding hydrogens is 448 g/mol. The number of nitrogens with one attached hydrogen (secondary N) is 2. The van der Waals surface area contributed by atoms with Gasteiger partial charge in [-0.2, -0.15) is 0 Å². The number of nitrogens with zero attached hydrogens (tertiary/aromatic N) is 2. The number of hydrogen-bond acceptors (Lipinski definition) is 7. The molecule has 2 aromatic rings. The third-order valence-electron chi connectivity index (χ3n) is 4.99. The van der Waals surface area contributed by atoms with E-state index in [-0.39, 0.29) is 42.5 Å². The van der Waals surface area contributed by atoms with Gasteiger partial charge in [0.05, 0.1) is 18.0 Å². The van der Waals surface area contributed by atoms with E-state index in [9.17, 15) is 24.5 Å². The Kier molecular flexibility index (Phi) is 8.03. The molecule has 0 spiro atoms. The number of thiocarbonyl (C=S) groups is 1. The summed E-state index contributed by atoms with van der Waals surface area (Å²) < 4.78 is 5.27. The minimum atomic E-state index is -0.944. The highest BCUT2D eigenvalue weighted by molar-refractivity contribution is 7.80. The molecule has 1 saturated heterocycles.